The standard InChI is InChI=1S/C18H24N4O3/c19-16(23)13-20-8-10-21(11-9-20)15-12-17(24)22(18(15)25)7-6-14-4-2-1-3-5-14/h1-5,15H,6-13H2,(H2,19,23)/p+2/t15-/m0/s1. The zero-order chi connectivity index (χ0) is 17.8. The molecule has 7 nitrogen and oxygen atoms in total. The molecule has 2 fully saturated rings. The van der Waals surface area contributed by atoms with Crippen molar-refractivity contribution in [2.75, 3.05) is 39.3 Å². The highest BCUT2D eigenvalue weighted by atomic mass is 16.2. The van der Waals surface area contributed by atoms with Crippen LogP contribution in [0, 0.1) is 0 Å². The van der Waals surface area contributed by atoms with Crippen LogP contribution in [0.4, 0.5) is 0 Å². The van der Waals surface area contributed by atoms with Crippen LogP contribution in [0.25, 0.3) is 0 Å². The van der Waals surface area contributed by atoms with E-state index in [0.29, 0.717) is 25.9 Å². The first-order chi connectivity index (χ1) is 12.0. The van der Waals surface area contributed by atoms with Gasteiger partial charge in [-0.1, -0.05) is 30.3 Å². The molecule has 2 saturated heterocycles. The molecule has 7 heteroatoms. The molecule has 0 unspecified atom stereocenters. The third-order valence-electron chi connectivity index (χ3n) is 5.23. The van der Waals surface area contributed by atoms with Gasteiger partial charge in [-0.25, -0.2) is 0 Å². The SMILES string of the molecule is NC(=O)C[NH+]1CC[NH+]([C@H]2CC(=O)N(CCc3ccccc3)C2=O)CC1. The first-order valence-electron chi connectivity index (χ1n) is 8.89. The van der Waals surface area contributed by atoms with Crippen molar-refractivity contribution in [1.29, 1.82) is 0 Å². The number of quaternary nitrogens is 2. The van der Waals surface area contributed by atoms with E-state index >= 15 is 0 Å². The number of rotatable bonds is 6. The number of amides is 3. The average Bonchev–Trinajstić information content (AvgIpc) is 2.88. The van der Waals surface area contributed by atoms with E-state index in [2.05, 4.69) is 0 Å². The molecule has 1 atom stereocenters. The molecule has 134 valence electrons. The summed E-state index contributed by atoms with van der Waals surface area (Å²) in [5.41, 5.74) is 6.38. The van der Waals surface area contributed by atoms with Gasteiger partial charge in [-0.2, -0.15) is 0 Å². The molecular weight excluding hydrogens is 320 g/mol. The van der Waals surface area contributed by atoms with Gasteiger partial charge in [0.25, 0.3) is 11.8 Å². The number of nitrogens with zero attached hydrogens (tertiary/aromatic N) is 1. The third kappa shape index (κ3) is 4.24. The molecule has 4 N–H and O–H groups in total. The molecule has 1 aromatic rings. The minimum absolute atomic E-state index is 0.0470. The van der Waals surface area contributed by atoms with Gasteiger partial charge in [0, 0.05) is 6.54 Å². The number of hydrogen-bond donors (Lipinski definition) is 3. The summed E-state index contributed by atoms with van der Waals surface area (Å²) in [5, 5.41) is 0. The van der Waals surface area contributed by atoms with Gasteiger partial charge in [0.1, 0.15) is 26.2 Å². The van der Waals surface area contributed by atoms with E-state index < -0.39 is 0 Å². The lowest BCUT2D eigenvalue weighted by atomic mass is 10.1. The molecule has 0 saturated carbocycles. The summed E-state index contributed by atoms with van der Waals surface area (Å²) in [7, 11) is 0. The second kappa shape index (κ2) is 7.76. The maximum absolute atomic E-state index is 12.7. The number of primary amides is 1. The molecule has 0 aliphatic carbocycles. The Labute approximate surface area is 147 Å². The number of piperazine rings is 1. The van der Waals surface area contributed by atoms with Crippen molar-refractivity contribution in [3.8, 4) is 0 Å². The van der Waals surface area contributed by atoms with E-state index in [9.17, 15) is 14.4 Å². The Bertz CT molecular complexity index is 641. The van der Waals surface area contributed by atoms with Gasteiger partial charge in [-0.15, -0.1) is 0 Å². The molecular formula is C18H26N4O3+2. The minimum Gasteiger partial charge on any atom is -0.365 e. The second-order valence-electron chi connectivity index (χ2n) is 6.93. The van der Waals surface area contributed by atoms with E-state index in [1.54, 1.807) is 0 Å². The Morgan fingerprint density at radius 2 is 1.80 bits per heavy atom. The monoisotopic (exact) mass is 346 g/mol. The van der Waals surface area contributed by atoms with E-state index in [1.165, 1.54) is 4.90 Å². The highest BCUT2D eigenvalue weighted by Gasteiger charge is 2.45. The number of imide groups is 1. The number of nitrogens with two attached hydrogens (primary N) is 1. The van der Waals surface area contributed by atoms with Crippen LogP contribution < -0.4 is 15.5 Å². The third-order valence-corrected chi connectivity index (χ3v) is 5.23. The molecule has 2 heterocycles. The maximum atomic E-state index is 12.7. The summed E-state index contributed by atoms with van der Waals surface area (Å²) in [6, 6.07) is 9.63. The van der Waals surface area contributed by atoms with Crippen molar-refractivity contribution in [2.45, 2.75) is 18.9 Å². The van der Waals surface area contributed by atoms with Gasteiger partial charge in [0.15, 0.2) is 12.6 Å². The largest absolute Gasteiger partial charge is 0.365 e. The molecule has 2 aliphatic rings. The van der Waals surface area contributed by atoms with Crippen LogP contribution in [-0.2, 0) is 20.8 Å². The predicted molar refractivity (Wildman–Crippen MR) is 90.7 cm³/mol. The number of carbonyl (C=O) groups excluding carboxylic acids is 3. The van der Waals surface area contributed by atoms with Gasteiger partial charge >= 0.3 is 0 Å². The lowest BCUT2D eigenvalue weighted by Crippen LogP contribution is -3.30. The van der Waals surface area contributed by atoms with E-state index in [-0.39, 0.29) is 23.8 Å². The summed E-state index contributed by atoms with van der Waals surface area (Å²) in [4.78, 5) is 39.8. The van der Waals surface area contributed by atoms with Crippen molar-refractivity contribution in [1.82, 2.24) is 4.90 Å². The van der Waals surface area contributed by atoms with Crippen LogP contribution in [0.3, 0.4) is 0 Å². The van der Waals surface area contributed by atoms with E-state index in [1.807, 2.05) is 30.3 Å². The van der Waals surface area contributed by atoms with Crippen LogP contribution in [0.1, 0.15) is 12.0 Å². The predicted octanol–water partition coefficient (Wildman–Crippen LogP) is -3.37. The molecule has 3 amide bonds. The fourth-order valence-corrected chi connectivity index (χ4v) is 3.82. The molecule has 0 bridgehead atoms. The molecule has 2 aliphatic heterocycles. The highest BCUT2D eigenvalue weighted by Crippen LogP contribution is 2.12. The summed E-state index contributed by atoms with van der Waals surface area (Å²) in [6.45, 7) is 3.98. The van der Waals surface area contributed by atoms with E-state index in [4.69, 9.17) is 5.73 Å². The first kappa shape index (κ1) is 17.6. The smallest absolute Gasteiger partial charge is 0.288 e. The van der Waals surface area contributed by atoms with Gasteiger partial charge in [-0.05, 0) is 12.0 Å². The minimum atomic E-state index is -0.294. The fraction of sp³-hybridized carbons (Fsp3) is 0.500. The van der Waals surface area contributed by atoms with E-state index in [0.717, 1.165) is 41.5 Å². The summed E-state index contributed by atoms with van der Waals surface area (Å²) < 4.78 is 0. The molecule has 1 aromatic carbocycles. The normalized spacial score (nSPS) is 26.9. The van der Waals surface area contributed by atoms with Gasteiger partial charge in [0.2, 0.25) is 5.91 Å². The van der Waals surface area contributed by atoms with Gasteiger partial charge in [0.05, 0.1) is 6.42 Å². The molecule has 0 spiro atoms. The van der Waals surface area contributed by atoms with Gasteiger partial charge < -0.3 is 15.5 Å². The Kier molecular flexibility index (Phi) is 5.45. The van der Waals surface area contributed by atoms with Gasteiger partial charge in [-0.3, -0.25) is 19.3 Å². The molecule has 0 radical (unpaired) electrons. The number of hydrogen-bond acceptors (Lipinski definition) is 3. The Morgan fingerprint density at radius 1 is 1.12 bits per heavy atom. The zero-order valence-corrected chi connectivity index (χ0v) is 14.4. The van der Waals surface area contributed by atoms with Crippen molar-refractivity contribution < 1.29 is 24.2 Å². The zero-order valence-electron chi connectivity index (χ0n) is 14.4. The number of likely N-dealkylation sites (tertiary alicyclic amines) is 1. The Hall–Kier alpha value is -2.25. The summed E-state index contributed by atoms with van der Waals surface area (Å²) in [5.74, 6) is -0.405. The lowest BCUT2D eigenvalue weighted by Gasteiger charge is -2.31. The maximum Gasteiger partial charge on any atom is 0.288 e. The quantitative estimate of drug-likeness (QED) is 0.470. The van der Waals surface area contributed by atoms with Crippen molar-refractivity contribution in [3.05, 3.63) is 35.9 Å². The van der Waals surface area contributed by atoms with Crippen molar-refractivity contribution >= 4 is 17.7 Å². The molecule has 3 rings (SSSR count). The van der Waals surface area contributed by atoms with Crippen LogP contribution in [0.5, 0.6) is 0 Å². The average molecular weight is 346 g/mol. The highest BCUT2D eigenvalue weighted by molar-refractivity contribution is 6.04. The van der Waals surface area contributed by atoms with Crippen LogP contribution >= 0.6 is 0 Å². The first-order valence-corrected chi connectivity index (χ1v) is 8.89. The Balaban J connectivity index is 1.54. The van der Waals surface area contributed by atoms with Crippen molar-refractivity contribution in [2.24, 2.45) is 5.73 Å². The number of carbonyl (C=O) groups is 3. The number of nitrogens with one attached hydrogen (secondary N) is 2. The topological polar surface area (TPSA) is 89.3 Å². The van der Waals surface area contributed by atoms with Crippen molar-refractivity contribution in [3.63, 3.8) is 0 Å². The molecule has 0 aromatic heterocycles. The lowest BCUT2D eigenvalue weighted by molar-refractivity contribution is -1.02. The molecule has 25 heavy (non-hydrogen) atoms. The second-order valence-corrected chi connectivity index (χ2v) is 6.93. The van der Waals surface area contributed by atoms with Crippen LogP contribution in [0.2, 0.25) is 0 Å². The van der Waals surface area contributed by atoms with Crippen LogP contribution in [0.15, 0.2) is 30.3 Å². The summed E-state index contributed by atoms with van der Waals surface area (Å²) >= 11 is 0. The van der Waals surface area contributed by atoms with Crippen LogP contribution in [-0.4, -0.2) is 67.9 Å². The Morgan fingerprint density at radius 3 is 2.44 bits per heavy atom. The fourth-order valence-electron chi connectivity index (χ4n) is 3.82. The number of benzene rings is 1. The summed E-state index contributed by atoms with van der Waals surface area (Å²) in [6.07, 6.45) is 0.991.